The van der Waals surface area contributed by atoms with E-state index in [9.17, 15) is 18.0 Å². The standard InChI is InChI=1S/C19H21F3N2O/c1-12-8-9-13(2)15(10-12)14(3)23-11-18(25)24-17-7-5-4-6-16(17)19(20,21)22/h4-10,14,23H,11H2,1-3H3,(H,24,25)/t14-/m0/s1. The summed E-state index contributed by atoms with van der Waals surface area (Å²) in [6.07, 6.45) is -4.51. The predicted octanol–water partition coefficient (Wildman–Crippen LogP) is 4.61. The molecule has 2 rings (SSSR count). The van der Waals surface area contributed by atoms with Gasteiger partial charge in [-0.2, -0.15) is 13.2 Å². The minimum atomic E-state index is -4.51. The number of aryl methyl sites for hydroxylation is 2. The molecular formula is C19H21F3N2O. The number of hydrogen-bond donors (Lipinski definition) is 2. The Morgan fingerprint density at radius 2 is 1.80 bits per heavy atom. The summed E-state index contributed by atoms with van der Waals surface area (Å²) in [7, 11) is 0. The van der Waals surface area contributed by atoms with Crippen LogP contribution in [-0.2, 0) is 11.0 Å². The van der Waals surface area contributed by atoms with Gasteiger partial charge in [-0.05, 0) is 44.0 Å². The summed E-state index contributed by atoms with van der Waals surface area (Å²) in [5, 5.41) is 5.38. The number of carbonyl (C=O) groups is 1. The Labute approximate surface area is 145 Å². The molecule has 0 heterocycles. The summed E-state index contributed by atoms with van der Waals surface area (Å²) in [4.78, 5) is 12.0. The van der Waals surface area contributed by atoms with Crippen LogP contribution in [0, 0.1) is 13.8 Å². The lowest BCUT2D eigenvalue weighted by atomic mass is 10.00. The van der Waals surface area contributed by atoms with Gasteiger partial charge in [0.2, 0.25) is 5.91 Å². The molecule has 2 aromatic rings. The van der Waals surface area contributed by atoms with Gasteiger partial charge in [0, 0.05) is 6.04 Å². The second-order valence-corrected chi connectivity index (χ2v) is 6.05. The summed E-state index contributed by atoms with van der Waals surface area (Å²) >= 11 is 0. The van der Waals surface area contributed by atoms with Gasteiger partial charge in [0.05, 0.1) is 17.8 Å². The molecule has 0 bridgehead atoms. The molecule has 2 aromatic carbocycles. The number of amides is 1. The monoisotopic (exact) mass is 350 g/mol. The number of alkyl halides is 3. The van der Waals surface area contributed by atoms with Crippen LogP contribution in [0.15, 0.2) is 42.5 Å². The van der Waals surface area contributed by atoms with Gasteiger partial charge in [-0.25, -0.2) is 0 Å². The van der Waals surface area contributed by atoms with E-state index in [2.05, 4.69) is 10.6 Å². The van der Waals surface area contributed by atoms with Crippen molar-refractivity contribution < 1.29 is 18.0 Å². The van der Waals surface area contributed by atoms with Crippen LogP contribution in [0.1, 0.15) is 35.2 Å². The number of anilines is 1. The molecule has 0 aliphatic heterocycles. The first-order valence-electron chi connectivity index (χ1n) is 7.95. The van der Waals surface area contributed by atoms with Gasteiger partial charge in [0.1, 0.15) is 0 Å². The van der Waals surface area contributed by atoms with Crippen molar-refractivity contribution in [3.05, 3.63) is 64.7 Å². The number of nitrogens with one attached hydrogen (secondary N) is 2. The topological polar surface area (TPSA) is 41.1 Å². The zero-order valence-corrected chi connectivity index (χ0v) is 14.4. The number of para-hydroxylation sites is 1. The first kappa shape index (κ1) is 19.0. The van der Waals surface area contributed by atoms with Gasteiger partial charge in [-0.3, -0.25) is 4.79 Å². The molecule has 0 spiro atoms. The minimum absolute atomic E-state index is 0.0826. The third-order valence-electron chi connectivity index (χ3n) is 3.98. The molecule has 0 saturated carbocycles. The van der Waals surface area contributed by atoms with Gasteiger partial charge in [0.25, 0.3) is 0 Å². The van der Waals surface area contributed by atoms with Gasteiger partial charge in [-0.1, -0.05) is 35.9 Å². The van der Waals surface area contributed by atoms with Crippen molar-refractivity contribution in [1.29, 1.82) is 0 Å². The quantitative estimate of drug-likeness (QED) is 0.827. The molecule has 0 fully saturated rings. The maximum atomic E-state index is 12.9. The molecule has 1 atom stereocenters. The highest BCUT2D eigenvalue weighted by Crippen LogP contribution is 2.34. The Kier molecular flexibility index (Phi) is 5.85. The van der Waals surface area contributed by atoms with Crippen molar-refractivity contribution in [1.82, 2.24) is 5.32 Å². The lowest BCUT2D eigenvalue weighted by Gasteiger charge is -2.18. The van der Waals surface area contributed by atoms with Gasteiger partial charge >= 0.3 is 6.18 Å². The Balaban J connectivity index is 2.01. The average molecular weight is 350 g/mol. The van der Waals surface area contributed by atoms with Crippen LogP contribution in [-0.4, -0.2) is 12.5 Å². The van der Waals surface area contributed by atoms with E-state index in [1.54, 1.807) is 0 Å². The maximum Gasteiger partial charge on any atom is 0.418 e. The first-order valence-corrected chi connectivity index (χ1v) is 7.95. The second-order valence-electron chi connectivity index (χ2n) is 6.05. The smallest absolute Gasteiger partial charge is 0.324 e. The summed E-state index contributed by atoms with van der Waals surface area (Å²) in [6.45, 7) is 5.79. The molecular weight excluding hydrogens is 329 g/mol. The fraction of sp³-hybridized carbons (Fsp3) is 0.316. The van der Waals surface area contributed by atoms with E-state index in [0.29, 0.717) is 0 Å². The molecule has 25 heavy (non-hydrogen) atoms. The van der Waals surface area contributed by atoms with Gasteiger partial charge in [-0.15, -0.1) is 0 Å². The van der Waals surface area contributed by atoms with Crippen molar-refractivity contribution in [3.63, 3.8) is 0 Å². The Hall–Kier alpha value is -2.34. The molecule has 0 aliphatic rings. The number of benzene rings is 2. The normalized spacial score (nSPS) is 12.7. The highest BCUT2D eigenvalue weighted by atomic mass is 19.4. The van der Waals surface area contributed by atoms with Crippen LogP contribution in [0.2, 0.25) is 0 Å². The van der Waals surface area contributed by atoms with Crippen LogP contribution >= 0.6 is 0 Å². The van der Waals surface area contributed by atoms with Crippen molar-refractivity contribution in [2.75, 3.05) is 11.9 Å². The Morgan fingerprint density at radius 3 is 2.48 bits per heavy atom. The third-order valence-corrected chi connectivity index (χ3v) is 3.98. The molecule has 0 aliphatic carbocycles. The predicted molar refractivity (Wildman–Crippen MR) is 92.4 cm³/mol. The van der Waals surface area contributed by atoms with Crippen molar-refractivity contribution in [2.24, 2.45) is 0 Å². The summed E-state index contributed by atoms with van der Waals surface area (Å²) in [5.41, 5.74) is 2.17. The van der Waals surface area contributed by atoms with E-state index in [1.807, 2.05) is 39.0 Å². The fourth-order valence-corrected chi connectivity index (χ4v) is 2.62. The van der Waals surface area contributed by atoms with Crippen molar-refractivity contribution >= 4 is 11.6 Å². The number of carbonyl (C=O) groups excluding carboxylic acids is 1. The average Bonchev–Trinajstić information content (AvgIpc) is 2.54. The molecule has 134 valence electrons. The van der Waals surface area contributed by atoms with E-state index in [-0.39, 0.29) is 18.3 Å². The van der Waals surface area contributed by atoms with E-state index in [0.717, 1.165) is 22.8 Å². The van der Waals surface area contributed by atoms with Crippen LogP contribution in [0.3, 0.4) is 0 Å². The van der Waals surface area contributed by atoms with E-state index >= 15 is 0 Å². The molecule has 3 nitrogen and oxygen atoms in total. The maximum absolute atomic E-state index is 12.9. The van der Waals surface area contributed by atoms with Crippen LogP contribution in [0.5, 0.6) is 0 Å². The summed E-state index contributed by atoms with van der Waals surface area (Å²) in [6, 6.07) is 10.9. The van der Waals surface area contributed by atoms with Crippen LogP contribution in [0.25, 0.3) is 0 Å². The molecule has 0 unspecified atom stereocenters. The summed E-state index contributed by atoms with van der Waals surface area (Å²) < 4.78 is 38.8. The number of hydrogen-bond acceptors (Lipinski definition) is 2. The SMILES string of the molecule is Cc1ccc(C)c([C@H](C)NCC(=O)Nc2ccccc2C(F)(F)F)c1. The highest BCUT2D eigenvalue weighted by molar-refractivity contribution is 5.93. The molecule has 1 amide bonds. The Bertz CT molecular complexity index is 757. The summed E-state index contributed by atoms with van der Waals surface area (Å²) in [5.74, 6) is -0.520. The molecule has 0 saturated heterocycles. The lowest BCUT2D eigenvalue weighted by molar-refractivity contribution is -0.137. The van der Waals surface area contributed by atoms with Crippen molar-refractivity contribution in [2.45, 2.75) is 33.0 Å². The number of rotatable bonds is 5. The lowest BCUT2D eigenvalue weighted by Crippen LogP contribution is -2.31. The fourth-order valence-electron chi connectivity index (χ4n) is 2.62. The highest BCUT2D eigenvalue weighted by Gasteiger charge is 2.33. The second kappa shape index (κ2) is 7.70. The van der Waals surface area contributed by atoms with E-state index < -0.39 is 17.6 Å². The van der Waals surface area contributed by atoms with E-state index in [4.69, 9.17) is 0 Å². The molecule has 6 heteroatoms. The van der Waals surface area contributed by atoms with Gasteiger partial charge in [0.15, 0.2) is 0 Å². The third kappa shape index (κ3) is 5.06. The van der Waals surface area contributed by atoms with E-state index in [1.165, 1.54) is 18.2 Å². The zero-order chi connectivity index (χ0) is 18.6. The van der Waals surface area contributed by atoms with Gasteiger partial charge < -0.3 is 10.6 Å². The molecule has 2 N–H and O–H groups in total. The molecule has 0 radical (unpaired) electrons. The number of halogens is 3. The largest absolute Gasteiger partial charge is 0.418 e. The minimum Gasteiger partial charge on any atom is -0.324 e. The van der Waals surface area contributed by atoms with Crippen LogP contribution < -0.4 is 10.6 Å². The molecule has 0 aromatic heterocycles. The van der Waals surface area contributed by atoms with Crippen LogP contribution in [0.4, 0.5) is 18.9 Å². The Morgan fingerprint density at radius 1 is 1.12 bits per heavy atom. The first-order chi connectivity index (χ1) is 11.7. The van der Waals surface area contributed by atoms with Crippen molar-refractivity contribution in [3.8, 4) is 0 Å². The zero-order valence-electron chi connectivity index (χ0n) is 14.4.